The molecular weight excluding hydrogens is 358 g/mol. The number of aromatic amines is 1. The SMILES string of the molecule is O=C(c1ccccc1)c1ccc(-c2nc3ncc(-c4ccccc4)cc3[nH]2)cc1. The van der Waals surface area contributed by atoms with Crippen molar-refractivity contribution in [2.24, 2.45) is 0 Å². The number of H-pyrrole nitrogens is 1. The Balaban J connectivity index is 1.45. The summed E-state index contributed by atoms with van der Waals surface area (Å²) >= 11 is 0. The summed E-state index contributed by atoms with van der Waals surface area (Å²) in [5.74, 6) is 0.743. The maximum atomic E-state index is 12.6. The van der Waals surface area contributed by atoms with Crippen molar-refractivity contribution in [2.45, 2.75) is 0 Å². The van der Waals surface area contributed by atoms with E-state index in [2.05, 4.69) is 33.2 Å². The summed E-state index contributed by atoms with van der Waals surface area (Å²) in [6, 6.07) is 29.0. The zero-order valence-corrected chi connectivity index (χ0v) is 15.5. The van der Waals surface area contributed by atoms with Gasteiger partial charge in [-0.2, -0.15) is 0 Å². The lowest BCUT2D eigenvalue weighted by Gasteiger charge is -2.02. The quantitative estimate of drug-likeness (QED) is 0.421. The van der Waals surface area contributed by atoms with E-state index in [1.807, 2.05) is 79.0 Å². The maximum absolute atomic E-state index is 12.6. The van der Waals surface area contributed by atoms with Gasteiger partial charge in [-0.25, -0.2) is 9.97 Å². The van der Waals surface area contributed by atoms with E-state index >= 15 is 0 Å². The molecule has 0 saturated heterocycles. The summed E-state index contributed by atoms with van der Waals surface area (Å²) in [5.41, 5.74) is 5.95. The van der Waals surface area contributed by atoms with E-state index in [0.717, 1.165) is 28.0 Å². The number of carbonyl (C=O) groups is 1. The molecule has 0 aliphatic heterocycles. The van der Waals surface area contributed by atoms with Crippen molar-refractivity contribution >= 4 is 16.9 Å². The molecule has 0 atom stereocenters. The molecule has 0 fully saturated rings. The minimum atomic E-state index is 0.0101. The van der Waals surface area contributed by atoms with Crippen molar-refractivity contribution in [2.75, 3.05) is 0 Å². The third kappa shape index (κ3) is 3.32. The molecule has 4 heteroatoms. The summed E-state index contributed by atoms with van der Waals surface area (Å²) in [5, 5.41) is 0. The van der Waals surface area contributed by atoms with Crippen LogP contribution in [-0.2, 0) is 0 Å². The number of pyridine rings is 1. The molecule has 5 rings (SSSR count). The standard InChI is InChI=1S/C25H17N3O/c29-23(18-9-5-2-6-10-18)19-11-13-20(14-12-19)24-27-22-15-21(16-26-25(22)28-24)17-7-3-1-4-8-17/h1-16H,(H,26,27,28). The Hall–Kier alpha value is -4.05. The topological polar surface area (TPSA) is 58.6 Å². The summed E-state index contributed by atoms with van der Waals surface area (Å²) in [6.07, 6.45) is 1.84. The van der Waals surface area contributed by atoms with E-state index < -0.39 is 0 Å². The smallest absolute Gasteiger partial charge is 0.193 e. The summed E-state index contributed by atoms with van der Waals surface area (Å²) in [7, 11) is 0. The summed E-state index contributed by atoms with van der Waals surface area (Å²) < 4.78 is 0. The number of carbonyl (C=O) groups excluding carboxylic acids is 1. The summed E-state index contributed by atoms with van der Waals surface area (Å²) in [4.78, 5) is 25.0. The first kappa shape index (κ1) is 17.1. The number of ketones is 1. The van der Waals surface area contributed by atoms with Crippen LogP contribution in [0.2, 0.25) is 0 Å². The summed E-state index contributed by atoms with van der Waals surface area (Å²) in [6.45, 7) is 0. The van der Waals surface area contributed by atoms with Gasteiger partial charge in [0.15, 0.2) is 11.4 Å². The number of fused-ring (bicyclic) bond motifs is 1. The van der Waals surface area contributed by atoms with Crippen LogP contribution in [0.3, 0.4) is 0 Å². The number of aromatic nitrogens is 3. The molecule has 0 radical (unpaired) electrons. The Labute approximate surface area is 167 Å². The van der Waals surface area contributed by atoms with Gasteiger partial charge in [0.1, 0.15) is 5.82 Å². The molecule has 5 aromatic rings. The van der Waals surface area contributed by atoms with Gasteiger partial charge in [0.25, 0.3) is 0 Å². The molecule has 3 aromatic carbocycles. The highest BCUT2D eigenvalue weighted by molar-refractivity contribution is 6.09. The van der Waals surface area contributed by atoms with Crippen LogP contribution < -0.4 is 0 Å². The van der Waals surface area contributed by atoms with Crippen molar-refractivity contribution in [3.8, 4) is 22.5 Å². The predicted molar refractivity (Wildman–Crippen MR) is 115 cm³/mol. The molecular formula is C25H17N3O. The molecule has 0 amide bonds. The van der Waals surface area contributed by atoms with E-state index in [1.165, 1.54) is 0 Å². The lowest BCUT2D eigenvalue weighted by atomic mass is 10.0. The fraction of sp³-hybridized carbons (Fsp3) is 0. The average Bonchev–Trinajstić information content (AvgIpc) is 3.23. The molecule has 1 N–H and O–H groups in total. The van der Waals surface area contributed by atoms with Gasteiger partial charge in [0.05, 0.1) is 5.52 Å². The fourth-order valence-electron chi connectivity index (χ4n) is 3.36. The van der Waals surface area contributed by atoms with Crippen molar-refractivity contribution in [1.82, 2.24) is 15.0 Å². The van der Waals surface area contributed by atoms with Crippen LogP contribution in [0, 0.1) is 0 Å². The lowest BCUT2D eigenvalue weighted by molar-refractivity contribution is 0.103. The molecule has 0 spiro atoms. The lowest BCUT2D eigenvalue weighted by Crippen LogP contribution is -2.00. The van der Waals surface area contributed by atoms with Crippen LogP contribution in [0.5, 0.6) is 0 Å². The van der Waals surface area contributed by atoms with E-state index in [-0.39, 0.29) is 5.78 Å². The van der Waals surface area contributed by atoms with Crippen LogP contribution in [0.1, 0.15) is 15.9 Å². The highest BCUT2D eigenvalue weighted by atomic mass is 16.1. The van der Waals surface area contributed by atoms with E-state index in [9.17, 15) is 4.79 Å². The van der Waals surface area contributed by atoms with Gasteiger partial charge in [-0.3, -0.25) is 4.79 Å². The Morgan fingerprint density at radius 2 is 1.34 bits per heavy atom. The van der Waals surface area contributed by atoms with Crippen LogP contribution in [0.25, 0.3) is 33.7 Å². The monoisotopic (exact) mass is 375 g/mol. The molecule has 0 unspecified atom stereocenters. The molecule has 138 valence electrons. The third-order valence-corrected chi connectivity index (χ3v) is 4.90. The number of imidazole rings is 1. The predicted octanol–water partition coefficient (Wildman–Crippen LogP) is 5.52. The highest BCUT2D eigenvalue weighted by Gasteiger charge is 2.11. The number of rotatable bonds is 4. The van der Waals surface area contributed by atoms with Crippen molar-refractivity contribution < 1.29 is 4.79 Å². The van der Waals surface area contributed by atoms with E-state index in [1.54, 1.807) is 0 Å². The first-order chi connectivity index (χ1) is 14.3. The fourth-order valence-corrected chi connectivity index (χ4v) is 3.36. The van der Waals surface area contributed by atoms with E-state index in [4.69, 9.17) is 0 Å². The van der Waals surface area contributed by atoms with Crippen LogP contribution in [0.15, 0.2) is 97.2 Å². The largest absolute Gasteiger partial charge is 0.337 e. The second-order valence-corrected chi connectivity index (χ2v) is 6.82. The van der Waals surface area contributed by atoms with Gasteiger partial charge in [0, 0.05) is 28.5 Å². The number of nitrogens with zero attached hydrogens (tertiary/aromatic N) is 2. The molecule has 2 aromatic heterocycles. The molecule has 29 heavy (non-hydrogen) atoms. The second kappa shape index (κ2) is 7.17. The van der Waals surface area contributed by atoms with Gasteiger partial charge < -0.3 is 4.98 Å². The average molecular weight is 375 g/mol. The zero-order valence-electron chi connectivity index (χ0n) is 15.5. The van der Waals surface area contributed by atoms with Crippen LogP contribution >= 0.6 is 0 Å². The third-order valence-electron chi connectivity index (χ3n) is 4.90. The number of benzene rings is 3. The Morgan fingerprint density at radius 3 is 2.07 bits per heavy atom. The number of hydrogen-bond donors (Lipinski definition) is 1. The Kier molecular flexibility index (Phi) is 4.22. The maximum Gasteiger partial charge on any atom is 0.193 e. The van der Waals surface area contributed by atoms with Gasteiger partial charge in [-0.05, 0) is 11.6 Å². The molecule has 4 nitrogen and oxygen atoms in total. The molecule has 0 aliphatic rings. The Bertz CT molecular complexity index is 1290. The first-order valence-electron chi connectivity index (χ1n) is 9.39. The molecule has 2 heterocycles. The van der Waals surface area contributed by atoms with Crippen molar-refractivity contribution in [3.63, 3.8) is 0 Å². The van der Waals surface area contributed by atoms with Crippen molar-refractivity contribution in [1.29, 1.82) is 0 Å². The van der Waals surface area contributed by atoms with Gasteiger partial charge in [-0.1, -0.05) is 84.9 Å². The first-order valence-corrected chi connectivity index (χ1v) is 9.39. The Morgan fingerprint density at radius 1 is 0.690 bits per heavy atom. The highest BCUT2D eigenvalue weighted by Crippen LogP contribution is 2.25. The van der Waals surface area contributed by atoms with Gasteiger partial charge in [0.2, 0.25) is 0 Å². The van der Waals surface area contributed by atoms with Gasteiger partial charge >= 0.3 is 0 Å². The molecule has 0 saturated carbocycles. The number of hydrogen-bond acceptors (Lipinski definition) is 3. The zero-order chi connectivity index (χ0) is 19.6. The molecule has 0 bridgehead atoms. The number of nitrogens with one attached hydrogen (secondary N) is 1. The van der Waals surface area contributed by atoms with Crippen LogP contribution in [0.4, 0.5) is 0 Å². The van der Waals surface area contributed by atoms with E-state index in [0.29, 0.717) is 16.8 Å². The van der Waals surface area contributed by atoms with Crippen LogP contribution in [-0.4, -0.2) is 20.7 Å². The van der Waals surface area contributed by atoms with Crippen molar-refractivity contribution in [3.05, 3.63) is 108 Å². The normalized spacial score (nSPS) is 10.9. The second-order valence-electron chi connectivity index (χ2n) is 6.82. The molecule has 0 aliphatic carbocycles. The minimum Gasteiger partial charge on any atom is -0.337 e. The minimum absolute atomic E-state index is 0.0101. The van der Waals surface area contributed by atoms with Gasteiger partial charge in [-0.15, -0.1) is 0 Å².